The topological polar surface area (TPSA) is 89.2 Å². The van der Waals surface area contributed by atoms with Gasteiger partial charge in [-0.25, -0.2) is 4.99 Å². The predicted molar refractivity (Wildman–Crippen MR) is 85.1 cm³/mol. The molecule has 0 saturated heterocycles. The first-order valence-electron chi connectivity index (χ1n) is 6.31. The first-order valence-corrected chi connectivity index (χ1v) is 7.07. The van der Waals surface area contributed by atoms with Crippen LogP contribution in [0.3, 0.4) is 0 Å². The zero-order valence-electron chi connectivity index (χ0n) is 12.0. The summed E-state index contributed by atoms with van der Waals surface area (Å²) in [6, 6.07) is 5.21. The van der Waals surface area contributed by atoms with Crippen LogP contribution in [0.15, 0.2) is 28.2 Å². The van der Waals surface area contributed by atoms with E-state index in [0.29, 0.717) is 10.0 Å². The van der Waals surface area contributed by atoms with Gasteiger partial charge in [-0.3, -0.25) is 4.84 Å². The summed E-state index contributed by atoms with van der Waals surface area (Å²) < 4.78 is 0. The first-order chi connectivity index (χ1) is 9.69. The van der Waals surface area contributed by atoms with Gasteiger partial charge in [0.05, 0.1) is 0 Å². The van der Waals surface area contributed by atoms with Crippen molar-refractivity contribution < 1.29 is 4.84 Å². The highest BCUT2D eigenvalue weighted by molar-refractivity contribution is 6.34. The molecular weight excluding hydrogens is 313 g/mol. The highest BCUT2D eigenvalue weighted by atomic mass is 35.5. The van der Waals surface area contributed by atoms with Gasteiger partial charge in [-0.1, -0.05) is 23.2 Å². The smallest absolute Gasteiger partial charge is 0.226 e. The number of rotatable bonds is 3. The second kappa shape index (κ2) is 5.71. The van der Waals surface area contributed by atoms with Crippen LogP contribution in [0, 0.1) is 0 Å². The lowest BCUT2D eigenvalue weighted by molar-refractivity contribution is -0.191. The molecular formula is C13H17Cl2N5O. The second-order valence-electron chi connectivity index (χ2n) is 5.18. The maximum atomic E-state index is 6.00. The van der Waals surface area contributed by atoms with Gasteiger partial charge in [0, 0.05) is 10.0 Å². The monoisotopic (exact) mass is 329 g/mol. The minimum absolute atomic E-state index is 0.121. The number of guanidine groups is 2. The van der Waals surface area contributed by atoms with Crippen LogP contribution in [-0.4, -0.2) is 22.6 Å². The molecule has 0 aliphatic carbocycles. The molecule has 8 heteroatoms. The number of nitrogens with two attached hydrogens (primary N) is 2. The van der Waals surface area contributed by atoms with E-state index in [9.17, 15) is 0 Å². The third-order valence-corrected chi connectivity index (χ3v) is 3.38. The lowest BCUT2D eigenvalue weighted by Gasteiger charge is -2.38. The van der Waals surface area contributed by atoms with Gasteiger partial charge < -0.3 is 11.5 Å². The SMILES string of the molecule is CC(ON1C(N)=NC(N)=NC1(C)C)c1cc(Cl)cc(Cl)c1. The van der Waals surface area contributed by atoms with Crippen LogP contribution in [0.2, 0.25) is 10.0 Å². The summed E-state index contributed by atoms with van der Waals surface area (Å²) in [7, 11) is 0. The van der Waals surface area contributed by atoms with Crippen LogP contribution in [0.5, 0.6) is 0 Å². The van der Waals surface area contributed by atoms with Gasteiger partial charge in [0.25, 0.3) is 0 Å². The Balaban J connectivity index is 2.23. The summed E-state index contributed by atoms with van der Waals surface area (Å²) in [5.41, 5.74) is 11.5. The highest BCUT2D eigenvalue weighted by Gasteiger charge is 2.34. The zero-order valence-corrected chi connectivity index (χ0v) is 13.5. The largest absolute Gasteiger partial charge is 0.368 e. The van der Waals surface area contributed by atoms with Crippen LogP contribution in [0.25, 0.3) is 0 Å². The van der Waals surface area contributed by atoms with E-state index in [1.54, 1.807) is 18.2 Å². The fraction of sp³-hybridized carbons (Fsp3) is 0.385. The molecule has 0 fully saturated rings. The molecule has 2 rings (SSSR count). The lowest BCUT2D eigenvalue weighted by atomic mass is 10.1. The number of hydroxylamine groups is 2. The van der Waals surface area contributed by atoms with Crippen LogP contribution < -0.4 is 11.5 Å². The number of halogens is 2. The third-order valence-electron chi connectivity index (χ3n) is 2.94. The average molecular weight is 330 g/mol. The van der Waals surface area contributed by atoms with Gasteiger partial charge >= 0.3 is 0 Å². The maximum Gasteiger partial charge on any atom is 0.226 e. The molecule has 6 nitrogen and oxygen atoms in total. The summed E-state index contributed by atoms with van der Waals surface area (Å²) in [4.78, 5) is 14.0. The van der Waals surface area contributed by atoms with Crippen LogP contribution in [-0.2, 0) is 4.84 Å². The van der Waals surface area contributed by atoms with Crippen molar-refractivity contribution in [2.75, 3.05) is 0 Å². The van der Waals surface area contributed by atoms with Gasteiger partial charge in [0.1, 0.15) is 6.10 Å². The average Bonchev–Trinajstić information content (AvgIpc) is 2.31. The summed E-state index contributed by atoms with van der Waals surface area (Å²) in [6.07, 6.45) is -0.344. The number of aliphatic imine (C=N–C) groups is 2. The Labute approximate surface area is 133 Å². The Morgan fingerprint density at radius 2 is 1.76 bits per heavy atom. The molecule has 1 atom stereocenters. The highest BCUT2D eigenvalue weighted by Crippen LogP contribution is 2.29. The minimum Gasteiger partial charge on any atom is -0.368 e. The van der Waals surface area contributed by atoms with E-state index in [-0.39, 0.29) is 18.0 Å². The normalized spacial score (nSPS) is 19.0. The van der Waals surface area contributed by atoms with Crippen LogP contribution in [0.1, 0.15) is 32.4 Å². The Morgan fingerprint density at radius 1 is 1.19 bits per heavy atom. The molecule has 1 aromatic carbocycles. The molecule has 1 aliphatic rings. The number of hydrogen-bond acceptors (Lipinski definition) is 6. The van der Waals surface area contributed by atoms with Crippen LogP contribution >= 0.6 is 23.2 Å². The molecule has 1 unspecified atom stereocenters. The summed E-state index contributed by atoms with van der Waals surface area (Å²) in [5, 5.41) is 2.49. The van der Waals surface area contributed by atoms with E-state index in [1.165, 1.54) is 5.06 Å². The minimum atomic E-state index is -0.757. The van der Waals surface area contributed by atoms with E-state index in [0.717, 1.165) is 5.56 Å². The van der Waals surface area contributed by atoms with Crippen molar-refractivity contribution in [3.8, 4) is 0 Å². The molecule has 21 heavy (non-hydrogen) atoms. The fourth-order valence-electron chi connectivity index (χ4n) is 2.01. The van der Waals surface area contributed by atoms with E-state index >= 15 is 0 Å². The molecule has 0 radical (unpaired) electrons. The molecule has 4 N–H and O–H groups in total. The molecule has 1 aromatic rings. The molecule has 1 heterocycles. The molecule has 0 amide bonds. The Kier molecular flexibility index (Phi) is 4.32. The summed E-state index contributed by atoms with van der Waals surface area (Å²) in [5.74, 6) is 0.267. The van der Waals surface area contributed by atoms with Crippen molar-refractivity contribution >= 4 is 35.1 Å². The molecule has 114 valence electrons. The quantitative estimate of drug-likeness (QED) is 0.892. The summed E-state index contributed by atoms with van der Waals surface area (Å²) in [6.45, 7) is 5.49. The van der Waals surface area contributed by atoms with E-state index < -0.39 is 5.66 Å². The number of hydrogen-bond donors (Lipinski definition) is 2. The van der Waals surface area contributed by atoms with Gasteiger partial charge in [-0.2, -0.15) is 10.1 Å². The first kappa shape index (κ1) is 15.9. The molecule has 0 spiro atoms. The van der Waals surface area contributed by atoms with E-state index in [1.807, 2.05) is 20.8 Å². The van der Waals surface area contributed by atoms with E-state index in [2.05, 4.69) is 9.98 Å². The molecule has 0 bridgehead atoms. The van der Waals surface area contributed by atoms with Gasteiger partial charge in [-0.05, 0) is 44.5 Å². The van der Waals surface area contributed by atoms with Crippen molar-refractivity contribution in [1.82, 2.24) is 5.06 Å². The lowest BCUT2D eigenvalue weighted by Crippen LogP contribution is -2.53. The van der Waals surface area contributed by atoms with Gasteiger partial charge in [0.2, 0.25) is 11.9 Å². The fourth-order valence-corrected chi connectivity index (χ4v) is 2.55. The Morgan fingerprint density at radius 3 is 2.29 bits per heavy atom. The van der Waals surface area contributed by atoms with Crippen molar-refractivity contribution in [2.24, 2.45) is 21.5 Å². The van der Waals surface area contributed by atoms with Gasteiger partial charge in [0.15, 0.2) is 5.66 Å². The molecule has 1 aliphatic heterocycles. The Bertz CT molecular complexity index is 594. The van der Waals surface area contributed by atoms with Crippen molar-refractivity contribution in [3.05, 3.63) is 33.8 Å². The zero-order chi connectivity index (χ0) is 15.8. The molecule has 0 aromatic heterocycles. The number of nitrogens with zero attached hydrogens (tertiary/aromatic N) is 3. The number of benzene rings is 1. The van der Waals surface area contributed by atoms with Gasteiger partial charge in [-0.15, -0.1) is 0 Å². The standard InChI is InChI=1S/C13H17Cl2N5O/c1-7(8-4-9(14)6-10(15)5-8)21-20-12(17)18-11(16)19-13(20,2)3/h4-7H,1-3H3,(H4,16,17,18,19). The van der Waals surface area contributed by atoms with E-state index in [4.69, 9.17) is 39.5 Å². The van der Waals surface area contributed by atoms with Crippen molar-refractivity contribution in [3.63, 3.8) is 0 Å². The van der Waals surface area contributed by atoms with Crippen molar-refractivity contribution in [2.45, 2.75) is 32.5 Å². The third kappa shape index (κ3) is 3.58. The van der Waals surface area contributed by atoms with Crippen molar-refractivity contribution in [1.29, 1.82) is 0 Å². The second-order valence-corrected chi connectivity index (χ2v) is 6.05. The van der Waals surface area contributed by atoms with Crippen LogP contribution in [0.4, 0.5) is 0 Å². The summed E-state index contributed by atoms with van der Waals surface area (Å²) >= 11 is 12.0. The Hall–Kier alpha value is -1.50. The maximum absolute atomic E-state index is 6.00. The molecule has 0 saturated carbocycles. The predicted octanol–water partition coefficient (Wildman–Crippen LogP) is 2.67.